The highest BCUT2D eigenvalue weighted by molar-refractivity contribution is 5.94. The molecule has 86 valence electrons. The maximum Gasteiger partial charge on any atom is 0.412 e. The Balaban J connectivity index is 3.32. The maximum absolute atomic E-state index is 11.2. The van der Waals surface area contributed by atoms with Crippen LogP contribution in [0.15, 0.2) is 18.5 Å². The molecule has 16 heavy (non-hydrogen) atoms. The largest absolute Gasteiger partial charge is 0.465 e. The van der Waals surface area contributed by atoms with E-state index in [-0.39, 0.29) is 5.56 Å². The van der Waals surface area contributed by atoms with Crippen molar-refractivity contribution in [1.29, 1.82) is 0 Å². The van der Waals surface area contributed by atoms with Crippen LogP contribution in [0.4, 0.5) is 10.5 Å². The predicted octanol–water partition coefficient (Wildman–Crippen LogP) is 2.18. The van der Waals surface area contributed by atoms with Crippen molar-refractivity contribution in [3.8, 4) is 0 Å². The van der Waals surface area contributed by atoms with E-state index in [0.29, 0.717) is 12.0 Å². The van der Waals surface area contributed by atoms with Crippen LogP contribution in [0, 0.1) is 0 Å². The van der Waals surface area contributed by atoms with Crippen LogP contribution < -0.4 is 4.90 Å². The summed E-state index contributed by atoms with van der Waals surface area (Å²) in [5.74, 6) is 0. The second kappa shape index (κ2) is 4.30. The molecule has 0 saturated carbocycles. The van der Waals surface area contributed by atoms with E-state index in [0.717, 1.165) is 4.90 Å². The summed E-state index contributed by atoms with van der Waals surface area (Å²) in [6.07, 6.45) is 2.32. The van der Waals surface area contributed by atoms with Crippen LogP contribution in [0.2, 0.25) is 0 Å². The summed E-state index contributed by atoms with van der Waals surface area (Å²) in [4.78, 5) is 27.0. The smallest absolute Gasteiger partial charge is 0.412 e. The van der Waals surface area contributed by atoms with E-state index in [4.69, 9.17) is 0 Å². The molecule has 1 rings (SSSR count). The lowest BCUT2D eigenvalue weighted by molar-refractivity contribution is 0.112. The van der Waals surface area contributed by atoms with Gasteiger partial charge in [0.05, 0.1) is 11.3 Å². The monoisotopic (exact) mass is 222 g/mol. The van der Waals surface area contributed by atoms with Gasteiger partial charge in [0.1, 0.15) is 0 Å². The zero-order chi connectivity index (χ0) is 12.3. The number of rotatable bonds is 2. The van der Waals surface area contributed by atoms with Crippen molar-refractivity contribution in [2.45, 2.75) is 26.3 Å². The molecule has 0 fully saturated rings. The number of carboxylic acid groups (broad SMARTS) is 1. The zero-order valence-electron chi connectivity index (χ0n) is 9.47. The molecule has 0 aliphatic rings. The maximum atomic E-state index is 11.2. The van der Waals surface area contributed by atoms with E-state index < -0.39 is 11.6 Å². The topological polar surface area (TPSA) is 70.5 Å². The first-order valence-corrected chi connectivity index (χ1v) is 4.80. The summed E-state index contributed by atoms with van der Waals surface area (Å²) < 4.78 is 0. The second-order valence-corrected chi connectivity index (χ2v) is 4.34. The van der Waals surface area contributed by atoms with Crippen LogP contribution in [-0.4, -0.2) is 28.0 Å². The van der Waals surface area contributed by atoms with Gasteiger partial charge >= 0.3 is 6.09 Å². The number of anilines is 1. The Morgan fingerprint density at radius 1 is 1.50 bits per heavy atom. The van der Waals surface area contributed by atoms with Gasteiger partial charge in [-0.1, -0.05) is 0 Å². The second-order valence-electron chi connectivity index (χ2n) is 4.34. The molecule has 5 heteroatoms. The van der Waals surface area contributed by atoms with E-state index in [9.17, 15) is 14.7 Å². The highest BCUT2D eigenvalue weighted by atomic mass is 16.4. The predicted molar refractivity (Wildman–Crippen MR) is 59.9 cm³/mol. The number of aldehydes is 1. The minimum atomic E-state index is -1.10. The summed E-state index contributed by atoms with van der Waals surface area (Å²) in [5, 5.41) is 9.17. The van der Waals surface area contributed by atoms with Crippen molar-refractivity contribution in [1.82, 2.24) is 4.98 Å². The molecule has 0 bridgehead atoms. The van der Waals surface area contributed by atoms with E-state index in [1.165, 1.54) is 18.5 Å². The molecular weight excluding hydrogens is 208 g/mol. The first-order valence-electron chi connectivity index (χ1n) is 4.80. The number of pyridine rings is 1. The Hall–Kier alpha value is -1.91. The number of aromatic nitrogens is 1. The Labute approximate surface area is 93.7 Å². The molecule has 1 aromatic rings. The lowest BCUT2D eigenvalue weighted by Gasteiger charge is -2.33. The third-order valence-electron chi connectivity index (χ3n) is 2.06. The van der Waals surface area contributed by atoms with Gasteiger partial charge in [0.2, 0.25) is 0 Å². The van der Waals surface area contributed by atoms with E-state index in [2.05, 4.69) is 4.98 Å². The first kappa shape index (κ1) is 12.2. The fourth-order valence-electron chi connectivity index (χ4n) is 1.45. The quantitative estimate of drug-likeness (QED) is 0.778. The zero-order valence-corrected chi connectivity index (χ0v) is 9.47. The molecule has 0 saturated heterocycles. The normalized spacial score (nSPS) is 10.9. The van der Waals surface area contributed by atoms with Crippen molar-refractivity contribution in [2.75, 3.05) is 4.90 Å². The van der Waals surface area contributed by atoms with Crippen molar-refractivity contribution in [2.24, 2.45) is 0 Å². The fourth-order valence-corrected chi connectivity index (χ4v) is 1.45. The van der Waals surface area contributed by atoms with Gasteiger partial charge in [-0.25, -0.2) is 4.79 Å². The molecule has 0 aliphatic carbocycles. The molecular formula is C11H14N2O3. The molecule has 0 unspecified atom stereocenters. The Morgan fingerprint density at radius 3 is 2.56 bits per heavy atom. The van der Waals surface area contributed by atoms with Crippen LogP contribution in [0.5, 0.6) is 0 Å². The molecule has 0 atom stereocenters. The Bertz CT molecular complexity index is 410. The molecule has 1 amide bonds. The molecule has 0 radical (unpaired) electrons. The lowest BCUT2D eigenvalue weighted by Crippen LogP contribution is -2.45. The molecule has 0 spiro atoms. The van der Waals surface area contributed by atoms with Crippen LogP contribution in [0.3, 0.4) is 0 Å². The van der Waals surface area contributed by atoms with Crippen molar-refractivity contribution in [3.05, 3.63) is 24.0 Å². The van der Waals surface area contributed by atoms with Crippen molar-refractivity contribution < 1.29 is 14.7 Å². The van der Waals surface area contributed by atoms with Gasteiger partial charge in [-0.05, 0) is 26.8 Å². The Kier molecular flexibility index (Phi) is 3.27. The van der Waals surface area contributed by atoms with Crippen LogP contribution in [-0.2, 0) is 0 Å². The van der Waals surface area contributed by atoms with E-state index >= 15 is 0 Å². The van der Waals surface area contributed by atoms with Gasteiger partial charge < -0.3 is 5.11 Å². The molecule has 1 aromatic heterocycles. The standard InChI is InChI=1S/C11H14N2O3/c1-11(2,3)13(10(15)16)9-4-5-12-6-8(9)7-14/h4-7H,1-3H3,(H,15,16). The van der Waals surface area contributed by atoms with Crippen molar-refractivity contribution in [3.63, 3.8) is 0 Å². The van der Waals surface area contributed by atoms with Gasteiger partial charge in [0.25, 0.3) is 0 Å². The van der Waals surface area contributed by atoms with Gasteiger partial charge in [-0.3, -0.25) is 14.7 Å². The van der Waals surface area contributed by atoms with Gasteiger partial charge in [-0.2, -0.15) is 0 Å². The average molecular weight is 222 g/mol. The lowest BCUT2D eigenvalue weighted by atomic mass is 10.0. The fraction of sp³-hybridized carbons (Fsp3) is 0.364. The van der Waals surface area contributed by atoms with Gasteiger partial charge in [0, 0.05) is 17.9 Å². The molecule has 1 heterocycles. The summed E-state index contributed by atoms with van der Waals surface area (Å²) >= 11 is 0. The van der Waals surface area contributed by atoms with Gasteiger partial charge in [-0.15, -0.1) is 0 Å². The van der Waals surface area contributed by atoms with E-state index in [1.54, 1.807) is 20.8 Å². The third kappa shape index (κ3) is 2.36. The number of amides is 1. The highest BCUT2D eigenvalue weighted by Crippen LogP contribution is 2.25. The molecule has 1 N–H and O–H groups in total. The summed E-state index contributed by atoms with van der Waals surface area (Å²) in [6, 6.07) is 1.52. The van der Waals surface area contributed by atoms with Crippen LogP contribution >= 0.6 is 0 Å². The van der Waals surface area contributed by atoms with Crippen LogP contribution in [0.25, 0.3) is 0 Å². The summed E-state index contributed by atoms with van der Waals surface area (Å²) in [6.45, 7) is 5.28. The SMILES string of the molecule is CC(C)(C)N(C(=O)O)c1ccncc1C=O. The summed E-state index contributed by atoms with van der Waals surface area (Å²) in [5.41, 5.74) is -0.00451. The minimum Gasteiger partial charge on any atom is -0.465 e. The number of hydrogen-bond donors (Lipinski definition) is 1. The van der Waals surface area contributed by atoms with E-state index in [1.807, 2.05) is 0 Å². The van der Waals surface area contributed by atoms with Gasteiger partial charge in [0.15, 0.2) is 6.29 Å². The first-order chi connectivity index (χ1) is 7.38. The molecule has 0 aliphatic heterocycles. The average Bonchev–Trinajstić information content (AvgIpc) is 2.15. The number of carbonyl (C=O) groups excluding carboxylic acids is 1. The number of hydrogen-bond acceptors (Lipinski definition) is 3. The Morgan fingerprint density at radius 2 is 2.12 bits per heavy atom. The minimum absolute atomic E-state index is 0.264. The highest BCUT2D eigenvalue weighted by Gasteiger charge is 2.29. The van der Waals surface area contributed by atoms with Crippen molar-refractivity contribution >= 4 is 18.1 Å². The molecule has 0 aromatic carbocycles. The summed E-state index contributed by atoms with van der Waals surface area (Å²) in [7, 11) is 0. The van der Waals surface area contributed by atoms with Crippen LogP contribution in [0.1, 0.15) is 31.1 Å². The number of carbonyl (C=O) groups is 2. The third-order valence-corrected chi connectivity index (χ3v) is 2.06. The molecule has 5 nitrogen and oxygen atoms in total. The number of nitrogens with zero attached hydrogens (tertiary/aromatic N) is 2.